The largest absolute Gasteiger partial charge is 0.466 e. The van der Waals surface area contributed by atoms with Gasteiger partial charge in [-0.3, -0.25) is 9.59 Å². The van der Waals surface area contributed by atoms with Gasteiger partial charge in [-0.15, -0.1) is 0 Å². The Morgan fingerprint density at radius 1 is 0.380 bits per heavy atom. The van der Waals surface area contributed by atoms with E-state index in [2.05, 4.69) is 41.5 Å². The summed E-state index contributed by atoms with van der Waals surface area (Å²) in [5.41, 5.74) is 0. The number of hydrogen-bond donors (Lipinski definition) is 0. The smallest absolute Gasteiger partial charge is 0.305 e. The van der Waals surface area contributed by atoms with Gasteiger partial charge in [-0.1, -0.05) is 208 Å². The van der Waals surface area contributed by atoms with E-state index in [4.69, 9.17) is 9.47 Å². The fourth-order valence-corrected chi connectivity index (χ4v) is 7.64. The first-order valence-electron chi connectivity index (χ1n) is 22.7. The average Bonchev–Trinajstić information content (AvgIpc) is 3.09. The molecule has 0 aliphatic rings. The Bertz CT molecular complexity index is 643. The second kappa shape index (κ2) is 37.7. The summed E-state index contributed by atoms with van der Waals surface area (Å²) in [5, 5.41) is 0. The van der Waals surface area contributed by atoms with Crippen LogP contribution in [0.15, 0.2) is 0 Å². The molecule has 0 unspecified atom stereocenters. The topological polar surface area (TPSA) is 52.6 Å². The molecule has 50 heavy (non-hydrogen) atoms. The fraction of sp³-hybridized carbons (Fsp3) is 0.957. The Balaban J connectivity index is 3.90. The van der Waals surface area contributed by atoms with Crippen LogP contribution >= 0.6 is 0 Å². The van der Waals surface area contributed by atoms with Crippen molar-refractivity contribution in [2.24, 2.45) is 23.7 Å². The molecule has 0 N–H and O–H groups in total. The summed E-state index contributed by atoms with van der Waals surface area (Å²) in [6, 6.07) is 0. The van der Waals surface area contributed by atoms with E-state index in [0.29, 0.717) is 26.1 Å². The molecule has 0 aliphatic heterocycles. The van der Waals surface area contributed by atoms with E-state index in [0.717, 1.165) is 62.2 Å². The van der Waals surface area contributed by atoms with E-state index in [1.807, 2.05) is 0 Å². The van der Waals surface area contributed by atoms with E-state index >= 15 is 0 Å². The normalized spacial score (nSPS) is 11.8. The molecular formula is C46H90O4. The molecule has 0 rings (SSSR count). The number of hydrogen-bond acceptors (Lipinski definition) is 4. The standard InChI is InChI=1S/C46H90O4/c1-7-11-21-29-42(30-22-12-8-2)37-39-49-45(47)35-27-19-15-17-25-33-44(41(5)6)34-26-18-16-20-28-36-46(48)50-40-38-43(31-23-13-9-3)32-24-14-10-4/h41-44H,7-40H2,1-6H3. The maximum absolute atomic E-state index is 12.3. The van der Waals surface area contributed by atoms with Gasteiger partial charge in [0.2, 0.25) is 0 Å². The van der Waals surface area contributed by atoms with Gasteiger partial charge in [0.15, 0.2) is 0 Å². The van der Waals surface area contributed by atoms with Gasteiger partial charge >= 0.3 is 11.9 Å². The van der Waals surface area contributed by atoms with Crippen molar-refractivity contribution in [3.63, 3.8) is 0 Å². The third kappa shape index (κ3) is 32.8. The highest BCUT2D eigenvalue weighted by Crippen LogP contribution is 2.26. The molecule has 0 aromatic heterocycles. The molecule has 0 heterocycles. The minimum absolute atomic E-state index is 0.0142. The molecule has 0 aliphatic carbocycles. The Kier molecular flexibility index (Phi) is 36.9. The summed E-state index contributed by atoms with van der Waals surface area (Å²) in [6.45, 7) is 15.1. The Labute approximate surface area is 314 Å². The molecule has 0 bridgehead atoms. The summed E-state index contributed by atoms with van der Waals surface area (Å²) in [5.74, 6) is 3.05. The molecule has 4 nitrogen and oxygen atoms in total. The van der Waals surface area contributed by atoms with Crippen LogP contribution < -0.4 is 0 Å². The lowest BCUT2D eigenvalue weighted by atomic mass is 9.85. The van der Waals surface area contributed by atoms with Gasteiger partial charge in [-0.05, 0) is 49.4 Å². The summed E-state index contributed by atoms with van der Waals surface area (Å²) >= 11 is 0. The average molecular weight is 707 g/mol. The maximum Gasteiger partial charge on any atom is 0.305 e. The highest BCUT2D eigenvalue weighted by atomic mass is 16.5. The van der Waals surface area contributed by atoms with Crippen molar-refractivity contribution in [2.75, 3.05) is 13.2 Å². The Hall–Kier alpha value is -1.06. The van der Waals surface area contributed by atoms with E-state index in [9.17, 15) is 9.59 Å². The molecule has 0 saturated heterocycles. The van der Waals surface area contributed by atoms with E-state index < -0.39 is 0 Å². The second-order valence-electron chi connectivity index (χ2n) is 16.4. The number of unbranched alkanes of at least 4 members (excludes halogenated alkanes) is 16. The lowest BCUT2D eigenvalue weighted by molar-refractivity contribution is -0.145. The third-order valence-corrected chi connectivity index (χ3v) is 11.3. The van der Waals surface area contributed by atoms with Crippen LogP contribution in [-0.2, 0) is 19.1 Å². The minimum Gasteiger partial charge on any atom is -0.466 e. The minimum atomic E-state index is 0.0142. The van der Waals surface area contributed by atoms with Crippen molar-refractivity contribution in [2.45, 2.75) is 247 Å². The van der Waals surface area contributed by atoms with Crippen LogP contribution in [0, 0.1) is 23.7 Å². The molecule has 298 valence electrons. The van der Waals surface area contributed by atoms with Crippen LogP contribution in [0.25, 0.3) is 0 Å². The Morgan fingerprint density at radius 2 is 0.680 bits per heavy atom. The molecule has 0 radical (unpaired) electrons. The van der Waals surface area contributed by atoms with Gasteiger partial charge in [0.1, 0.15) is 0 Å². The molecule has 0 atom stereocenters. The fourth-order valence-electron chi connectivity index (χ4n) is 7.64. The van der Waals surface area contributed by atoms with E-state index in [1.165, 1.54) is 154 Å². The van der Waals surface area contributed by atoms with Gasteiger partial charge in [0.25, 0.3) is 0 Å². The molecular weight excluding hydrogens is 617 g/mol. The first-order valence-corrected chi connectivity index (χ1v) is 22.7. The first kappa shape index (κ1) is 48.9. The highest BCUT2D eigenvalue weighted by Gasteiger charge is 2.14. The van der Waals surface area contributed by atoms with E-state index in [-0.39, 0.29) is 11.9 Å². The zero-order chi connectivity index (χ0) is 36.9. The summed E-state index contributed by atoms with van der Waals surface area (Å²) in [6.07, 6.45) is 38.7. The van der Waals surface area contributed by atoms with Crippen LogP contribution in [0.4, 0.5) is 0 Å². The first-order chi connectivity index (χ1) is 24.4. The monoisotopic (exact) mass is 707 g/mol. The predicted octanol–water partition coefficient (Wildman–Crippen LogP) is 15.1. The predicted molar refractivity (Wildman–Crippen MR) is 218 cm³/mol. The maximum atomic E-state index is 12.3. The van der Waals surface area contributed by atoms with Crippen LogP contribution in [0.5, 0.6) is 0 Å². The number of esters is 2. The van der Waals surface area contributed by atoms with Crippen molar-refractivity contribution in [1.29, 1.82) is 0 Å². The third-order valence-electron chi connectivity index (χ3n) is 11.3. The van der Waals surface area contributed by atoms with E-state index in [1.54, 1.807) is 0 Å². The van der Waals surface area contributed by atoms with Gasteiger partial charge in [0.05, 0.1) is 13.2 Å². The zero-order valence-electron chi connectivity index (χ0n) is 35.0. The summed E-state index contributed by atoms with van der Waals surface area (Å²) in [4.78, 5) is 24.6. The van der Waals surface area contributed by atoms with Crippen LogP contribution in [0.1, 0.15) is 247 Å². The molecule has 0 saturated carbocycles. The van der Waals surface area contributed by atoms with Gasteiger partial charge in [0, 0.05) is 12.8 Å². The quantitative estimate of drug-likeness (QED) is 0.0472. The van der Waals surface area contributed by atoms with Crippen molar-refractivity contribution >= 4 is 11.9 Å². The summed E-state index contributed by atoms with van der Waals surface area (Å²) < 4.78 is 11.3. The zero-order valence-corrected chi connectivity index (χ0v) is 35.0. The van der Waals surface area contributed by atoms with Crippen LogP contribution in [0.3, 0.4) is 0 Å². The molecule has 0 aromatic carbocycles. The van der Waals surface area contributed by atoms with Crippen molar-refractivity contribution in [3.8, 4) is 0 Å². The van der Waals surface area contributed by atoms with Crippen molar-refractivity contribution in [3.05, 3.63) is 0 Å². The highest BCUT2D eigenvalue weighted by molar-refractivity contribution is 5.69. The number of rotatable bonds is 39. The number of carbonyl (C=O) groups is 2. The van der Waals surface area contributed by atoms with Crippen LogP contribution in [-0.4, -0.2) is 25.2 Å². The Morgan fingerprint density at radius 3 is 1.00 bits per heavy atom. The van der Waals surface area contributed by atoms with Crippen LogP contribution in [0.2, 0.25) is 0 Å². The number of ether oxygens (including phenoxy) is 2. The lowest BCUT2D eigenvalue weighted by Crippen LogP contribution is -2.10. The van der Waals surface area contributed by atoms with Gasteiger partial charge in [-0.2, -0.15) is 0 Å². The second-order valence-corrected chi connectivity index (χ2v) is 16.4. The SMILES string of the molecule is CCCCCC(CCCCC)CCOC(=O)CCCCCCCC(CCCCCCCC(=O)OCCC(CCCCC)CCCCC)C(C)C. The van der Waals surface area contributed by atoms with Crippen molar-refractivity contribution < 1.29 is 19.1 Å². The molecule has 0 fully saturated rings. The number of carbonyl (C=O) groups excluding carboxylic acids is 2. The molecule has 4 heteroatoms. The van der Waals surface area contributed by atoms with Gasteiger partial charge in [-0.25, -0.2) is 0 Å². The molecule has 0 spiro atoms. The summed E-state index contributed by atoms with van der Waals surface area (Å²) in [7, 11) is 0. The van der Waals surface area contributed by atoms with Gasteiger partial charge < -0.3 is 9.47 Å². The molecule has 0 aromatic rings. The molecule has 0 amide bonds. The van der Waals surface area contributed by atoms with Crippen molar-refractivity contribution in [1.82, 2.24) is 0 Å². The lowest BCUT2D eigenvalue weighted by Gasteiger charge is -2.21.